The first-order valence-electron chi connectivity index (χ1n) is 5.30. The quantitative estimate of drug-likeness (QED) is 0.710. The van der Waals surface area contributed by atoms with Gasteiger partial charge >= 0.3 is 0 Å². The summed E-state index contributed by atoms with van der Waals surface area (Å²) in [6, 6.07) is 4.66. The third kappa shape index (κ3) is 1.59. The van der Waals surface area contributed by atoms with Crippen LogP contribution >= 0.6 is 11.6 Å². The molecule has 0 aliphatic carbocycles. The summed E-state index contributed by atoms with van der Waals surface area (Å²) in [5.41, 5.74) is 1.31. The minimum Gasteiger partial charge on any atom is -0.322 e. The third-order valence-corrected chi connectivity index (χ3v) is 3.21. The molecule has 2 N–H and O–H groups in total. The van der Waals surface area contributed by atoms with Crippen LogP contribution in [0.1, 0.15) is 0 Å². The molecule has 1 aromatic rings. The molecule has 0 bridgehead atoms. The molecule has 0 aromatic heterocycles. The van der Waals surface area contributed by atoms with Crippen molar-refractivity contribution in [3.8, 4) is 0 Å². The maximum atomic E-state index is 11.9. The Labute approximate surface area is 103 Å². The van der Waals surface area contributed by atoms with E-state index in [1.807, 2.05) is 0 Å². The van der Waals surface area contributed by atoms with Gasteiger partial charge in [0, 0.05) is 11.6 Å². The molecular formula is C11H10ClN3O2. The van der Waals surface area contributed by atoms with Crippen molar-refractivity contribution < 1.29 is 9.59 Å². The Kier molecular flexibility index (Phi) is 2.31. The third-order valence-electron chi connectivity index (χ3n) is 2.97. The fraction of sp³-hybridized carbons (Fsp3) is 0.273. The van der Waals surface area contributed by atoms with Crippen molar-refractivity contribution in [1.29, 1.82) is 0 Å². The van der Waals surface area contributed by atoms with Gasteiger partial charge in [-0.05, 0) is 18.2 Å². The van der Waals surface area contributed by atoms with Gasteiger partial charge in [0.15, 0.2) is 0 Å². The van der Waals surface area contributed by atoms with Crippen molar-refractivity contribution >= 4 is 34.8 Å². The number of carbonyl (C=O) groups is 2. The maximum absolute atomic E-state index is 11.9. The van der Waals surface area contributed by atoms with Gasteiger partial charge in [0.2, 0.25) is 11.8 Å². The van der Waals surface area contributed by atoms with E-state index in [1.54, 1.807) is 23.1 Å². The van der Waals surface area contributed by atoms with Gasteiger partial charge in [-0.2, -0.15) is 0 Å². The zero-order valence-corrected chi connectivity index (χ0v) is 9.62. The normalized spacial score (nSPS) is 22.9. The Morgan fingerprint density at radius 1 is 1.35 bits per heavy atom. The summed E-state index contributed by atoms with van der Waals surface area (Å²) in [5.74, 6) is -0.278. The van der Waals surface area contributed by atoms with E-state index >= 15 is 0 Å². The van der Waals surface area contributed by atoms with Crippen LogP contribution in [0.3, 0.4) is 0 Å². The van der Waals surface area contributed by atoms with Crippen molar-refractivity contribution in [3.63, 3.8) is 0 Å². The second-order valence-corrected chi connectivity index (χ2v) is 4.50. The molecule has 0 saturated carbocycles. The summed E-state index contributed by atoms with van der Waals surface area (Å²) in [7, 11) is 0. The first kappa shape index (κ1) is 10.6. The van der Waals surface area contributed by atoms with Crippen molar-refractivity contribution in [2.24, 2.45) is 0 Å². The number of rotatable bonds is 0. The second kappa shape index (κ2) is 3.72. The lowest BCUT2D eigenvalue weighted by Crippen LogP contribution is -2.61. The number of nitrogens with zero attached hydrogens (tertiary/aromatic N) is 1. The lowest BCUT2D eigenvalue weighted by atomic mass is 10.1. The predicted octanol–water partition coefficient (Wildman–Crippen LogP) is 0.597. The van der Waals surface area contributed by atoms with E-state index in [0.29, 0.717) is 22.9 Å². The fourth-order valence-electron chi connectivity index (χ4n) is 2.21. The van der Waals surface area contributed by atoms with E-state index in [0.717, 1.165) is 0 Å². The van der Waals surface area contributed by atoms with Crippen molar-refractivity contribution in [2.45, 2.75) is 6.04 Å². The van der Waals surface area contributed by atoms with E-state index in [2.05, 4.69) is 10.6 Å². The zero-order valence-electron chi connectivity index (χ0n) is 8.87. The molecule has 1 unspecified atom stereocenters. The number of hydrogen-bond donors (Lipinski definition) is 2. The van der Waals surface area contributed by atoms with Crippen LogP contribution < -0.4 is 15.5 Å². The monoisotopic (exact) mass is 251 g/mol. The molecule has 2 heterocycles. The maximum Gasteiger partial charge on any atom is 0.248 e. The molecule has 0 spiro atoms. The number of halogens is 1. The Balaban J connectivity index is 2.12. The molecular weight excluding hydrogens is 242 g/mol. The lowest BCUT2D eigenvalue weighted by molar-refractivity contribution is -0.124. The van der Waals surface area contributed by atoms with Crippen molar-refractivity contribution in [2.75, 3.05) is 23.3 Å². The number of anilines is 2. The van der Waals surface area contributed by atoms with Crippen LogP contribution in [0.2, 0.25) is 5.02 Å². The smallest absolute Gasteiger partial charge is 0.248 e. The molecule has 2 amide bonds. The van der Waals surface area contributed by atoms with Crippen molar-refractivity contribution in [1.82, 2.24) is 5.32 Å². The summed E-state index contributed by atoms with van der Waals surface area (Å²) in [4.78, 5) is 25.3. The lowest BCUT2D eigenvalue weighted by Gasteiger charge is -2.39. The van der Waals surface area contributed by atoms with Crippen LogP contribution in [0.15, 0.2) is 18.2 Å². The van der Waals surface area contributed by atoms with Crippen molar-refractivity contribution in [3.05, 3.63) is 23.2 Å². The van der Waals surface area contributed by atoms with Gasteiger partial charge in [-0.15, -0.1) is 0 Å². The van der Waals surface area contributed by atoms with E-state index in [1.165, 1.54) is 0 Å². The topological polar surface area (TPSA) is 61.4 Å². The standard InChI is InChI=1S/C11H10ClN3O2/c12-6-1-2-8-7(3-6)14-11(17)9-4-13-5-10(16)15(8)9/h1-3,9,13H,4-5H2,(H,14,17). The fourth-order valence-corrected chi connectivity index (χ4v) is 2.38. The van der Waals surface area contributed by atoms with Crippen LogP contribution in [0, 0.1) is 0 Å². The van der Waals surface area contributed by atoms with Crippen LogP contribution in [0.5, 0.6) is 0 Å². The number of carbonyl (C=O) groups excluding carboxylic acids is 2. The first-order chi connectivity index (χ1) is 8.16. The Bertz CT molecular complexity index is 517. The SMILES string of the molecule is O=C1Nc2cc(Cl)ccc2N2C(=O)CNCC12. The van der Waals surface area contributed by atoms with Gasteiger partial charge in [0.05, 0.1) is 17.9 Å². The van der Waals surface area contributed by atoms with E-state index in [4.69, 9.17) is 11.6 Å². The Morgan fingerprint density at radius 3 is 3.00 bits per heavy atom. The van der Waals surface area contributed by atoms with Gasteiger partial charge in [-0.1, -0.05) is 11.6 Å². The van der Waals surface area contributed by atoms with Gasteiger partial charge in [0.1, 0.15) is 6.04 Å². The number of amides is 2. The van der Waals surface area contributed by atoms with Crippen LogP contribution in [-0.2, 0) is 9.59 Å². The zero-order chi connectivity index (χ0) is 12.0. The number of hydrogen-bond acceptors (Lipinski definition) is 3. The Morgan fingerprint density at radius 2 is 2.18 bits per heavy atom. The van der Waals surface area contributed by atoms with E-state index in [-0.39, 0.29) is 18.4 Å². The summed E-state index contributed by atoms with van der Waals surface area (Å²) in [6.07, 6.45) is 0. The highest BCUT2D eigenvalue weighted by Crippen LogP contribution is 2.34. The molecule has 1 fully saturated rings. The van der Waals surface area contributed by atoms with Gasteiger partial charge < -0.3 is 10.6 Å². The van der Waals surface area contributed by atoms with Crippen LogP contribution in [0.25, 0.3) is 0 Å². The van der Waals surface area contributed by atoms with E-state index in [9.17, 15) is 9.59 Å². The average molecular weight is 252 g/mol. The molecule has 17 heavy (non-hydrogen) atoms. The molecule has 1 saturated heterocycles. The summed E-state index contributed by atoms with van der Waals surface area (Å²) in [6.45, 7) is 0.728. The van der Waals surface area contributed by atoms with Gasteiger partial charge in [-0.25, -0.2) is 0 Å². The van der Waals surface area contributed by atoms with Crippen LogP contribution in [-0.4, -0.2) is 30.9 Å². The van der Waals surface area contributed by atoms with Crippen LogP contribution in [0.4, 0.5) is 11.4 Å². The van der Waals surface area contributed by atoms with Gasteiger partial charge in [0.25, 0.3) is 0 Å². The highest BCUT2D eigenvalue weighted by molar-refractivity contribution is 6.31. The first-order valence-corrected chi connectivity index (χ1v) is 5.68. The molecule has 2 aliphatic rings. The number of nitrogens with one attached hydrogen (secondary N) is 2. The number of benzene rings is 1. The molecule has 88 valence electrons. The summed E-state index contributed by atoms with van der Waals surface area (Å²) >= 11 is 5.87. The average Bonchev–Trinajstić information content (AvgIpc) is 2.29. The highest BCUT2D eigenvalue weighted by Gasteiger charge is 2.38. The molecule has 6 heteroatoms. The molecule has 5 nitrogen and oxygen atoms in total. The highest BCUT2D eigenvalue weighted by atomic mass is 35.5. The summed E-state index contributed by atoms with van der Waals surface area (Å²) in [5, 5.41) is 6.22. The predicted molar refractivity (Wildman–Crippen MR) is 64.2 cm³/mol. The number of piperazine rings is 1. The molecule has 0 radical (unpaired) electrons. The second-order valence-electron chi connectivity index (χ2n) is 4.06. The molecule has 3 rings (SSSR count). The minimum atomic E-state index is -0.468. The largest absolute Gasteiger partial charge is 0.322 e. The van der Waals surface area contributed by atoms with E-state index < -0.39 is 6.04 Å². The Hall–Kier alpha value is -1.59. The number of fused-ring (bicyclic) bond motifs is 3. The molecule has 2 aliphatic heterocycles. The molecule has 1 atom stereocenters. The van der Waals surface area contributed by atoms with Gasteiger partial charge in [-0.3, -0.25) is 14.5 Å². The minimum absolute atomic E-state index is 0.0975. The summed E-state index contributed by atoms with van der Waals surface area (Å²) < 4.78 is 0. The molecule has 1 aromatic carbocycles.